The predicted molar refractivity (Wildman–Crippen MR) is 75.3 cm³/mol. The van der Waals surface area contributed by atoms with E-state index in [2.05, 4.69) is 32.9 Å². The Morgan fingerprint density at radius 1 is 1.53 bits per heavy atom. The summed E-state index contributed by atoms with van der Waals surface area (Å²) in [5, 5.41) is 13.8. The van der Waals surface area contributed by atoms with Gasteiger partial charge in [0.15, 0.2) is 0 Å². The van der Waals surface area contributed by atoms with Gasteiger partial charge in [-0.3, -0.25) is 15.1 Å². The minimum absolute atomic E-state index is 0.109. The maximum atomic E-state index is 10.6. The molecule has 7 heteroatoms. The molecule has 0 saturated heterocycles. The van der Waals surface area contributed by atoms with Crippen molar-refractivity contribution in [2.45, 2.75) is 6.54 Å². The molecule has 5 nitrogen and oxygen atoms in total. The Balaban J connectivity index is 2.09. The van der Waals surface area contributed by atoms with E-state index in [0.717, 1.165) is 14.1 Å². The normalized spacial score (nSPS) is 10.2. The van der Waals surface area contributed by atoms with Crippen molar-refractivity contribution < 1.29 is 4.92 Å². The average molecular weight is 361 g/mol. The van der Waals surface area contributed by atoms with Crippen LogP contribution in [0.15, 0.2) is 29.9 Å². The van der Waals surface area contributed by atoms with Gasteiger partial charge in [0.2, 0.25) is 0 Å². The molecule has 0 aliphatic heterocycles. The van der Waals surface area contributed by atoms with Gasteiger partial charge in [-0.15, -0.1) is 11.3 Å². The van der Waals surface area contributed by atoms with Crippen LogP contribution in [0.5, 0.6) is 0 Å². The molecule has 0 amide bonds. The first-order valence-corrected chi connectivity index (χ1v) is 6.68. The minimum Gasteiger partial charge on any atom is -0.379 e. The van der Waals surface area contributed by atoms with Gasteiger partial charge in [0.1, 0.15) is 0 Å². The topological polar surface area (TPSA) is 68.1 Å². The van der Waals surface area contributed by atoms with Crippen molar-refractivity contribution in [3.63, 3.8) is 0 Å². The van der Waals surface area contributed by atoms with Gasteiger partial charge in [-0.2, -0.15) is 0 Å². The third kappa shape index (κ3) is 3.13. The van der Waals surface area contributed by atoms with E-state index in [9.17, 15) is 10.1 Å². The number of aromatic nitrogens is 1. The highest BCUT2D eigenvalue weighted by molar-refractivity contribution is 14.1. The predicted octanol–water partition coefficient (Wildman–Crippen LogP) is 3.27. The third-order valence-corrected chi connectivity index (χ3v) is 3.77. The highest BCUT2D eigenvalue weighted by Gasteiger charge is 2.08. The molecule has 2 aromatic rings. The Labute approximate surface area is 115 Å². The maximum absolute atomic E-state index is 10.6. The number of nitro groups is 1. The van der Waals surface area contributed by atoms with E-state index in [1.807, 2.05) is 0 Å². The molecule has 1 aromatic heterocycles. The fourth-order valence-corrected chi connectivity index (χ4v) is 2.50. The van der Waals surface area contributed by atoms with Gasteiger partial charge >= 0.3 is 0 Å². The molecule has 1 N–H and O–H groups in total. The zero-order valence-corrected chi connectivity index (χ0v) is 11.6. The van der Waals surface area contributed by atoms with Crippen LogP contribution >= 0.6 is 33.9 Å². The average Bonchev–Trinajstić information content (AvgIpc) is 2.80. The van der Waals surface area contributed by atoms with E-state index in [4.69, 9.17) is 0 Å². The Morgan fingerprint density at radius 3 is 2.94 bits per heavy atom. The van der Waals surface area contributed by atoms with Crippen LogP contribution < -0.4 is 5.32 Å². The lowest BCUT2D eigenvalue weighted by Crippen LogP contribution is -2.00. The molecule has 0 aliphatic carbocycles. The maximum Gasteiger partial charge on any atom is 0.270 e. The summed E-state index contributed by atoms with van der Waals surface area (Å²) in [4.78, 5) is 15.3. The van der Waals surface area contributed by atoms with E-state index >= 15 is 0 Å². The van der Waals surface area contributed by atoms with Gasteiger partial charge in [0.05, 0.1) is 17.0 Å². The Hall–Kier alpha value is -1.22. The first-order valence-electron chi connectivity index (χ1n) is 4.72. The van der Waals surface area contributed by atoms with Crippen LogP contribution in [0.4, 0.5) is 11.4 Å². The number of non-ortho nitro benzene ring substituents is 1. The molecule has 0 unspecified atom stereocenters. The molecule has 0 saturated carbocycles. The largest absolute Gasteiger partial charge is 0.379 e. The monoisotopic (exact) mass is 361 g/mol. The van der Waals surface area contributed by atoms with E-state index in [0.29, 0.717) is 6.54 Å². The summed E-state index contributed by atoms with van der Waals surface area (Å²) in [6.45, 7) is 0.679. The number of nitro benzene ring substituents is 1. The summed E-state index contributed by atoms with van der Waals surface area (Å²) in [7, 11) is 0. The molecule has 0 bridgehead atoms. The van der Waals surface area contributed by atoms with Crippen LogP contribution in [0.1, 0.15) is 4.88 Å². The lowest BCUT2D eigenvalue weighted by atomic mass is 10.3. The fraction of sp³-hybridized carbons (Fsp3) is 0.100. The molecule has 17 heavy (non-hydrogen) atoms. The summed E-state index contributed by atoms with van der Waals surface area (Å²) >= 11 is 3.65. The third-order valence-electron chi connectivity index (χ3n) is 2.10. The molecule has 0 fully saturated rings. The summed E-state index contributed by atoms with van der Waals surface area (Å²) in [5.41, 5.74) is 2.78. The number of hydrogen-bond acceptors (Lipinski definition) is 5. The van der Waals surface area contributed by atoms with Gasteiger partial charge in [-0.1, -0.05) is 0 Å². The lowest BCUT2D eigenvalue weighted by molar-refractivity contribution is -0.384. The number of benzene rings is 1. The number of rotatable bonds is 4. The molecule has 1 aromatic carbocycles. The van der Waals surface area contributed by atoms with Crippen LogP contribution in [-0.2, 0) is 6.54 Å². The minimum atomic E-state index is -0.394. The van der Waals surface area contributed by atoms with Gasteiger partial charge in [-0.25, -0.2) is 0 Å². The number of hydrogen-bond donors (Lipinski definition) is 1. The summed E-state index contributed by atoms with van der Waals surface area (Å²) < 4.78 is 0.835. The van der Waals surface area contributed by atoms with E-state index in [-0.39, 0.29) is 5.69 Å². The first-order chi connectivity index (χ1) is 8.16. The number of nitrogens with zero attached hydrogens (tertiary/aromatic N) is 2. The molecule has 0 radical (unpaired) electrons. The number of thiazole rings is 1. The first kappa shape index (κ1) is 12.2. The Morgan fingerprint density at radius 2 is 2.35 bits per heavy atom. The molecule has 0 spiro atoms. The Kier molecular flexibility index (Phi) is 3.89. The van der Waals surface area contributed by atoms with Crippen LogP contribution in [0, 0.1) is 13.7 Å². The summed E-state index contributed by atoms with van der Waals surface area (Å²) in [6.07, 6.45) is 1.80. The zero-order valence-electron chi connectivity index (χ0n) is 8.59. The highest BCUT2D eigenvalue weighted by Crippen LogP contribution is 2.24. The summed E-state index contributed by atoms with van der Waals surface area (Å²) in [5.74, 6) is 0. The van der Waals surface area contributed by atoms with E-state index in [1.54, 1.807) is 35.2 Å². The molecule has 88 valence electrons. The van der Waals surface area contributed by atoms with Crippen molar-refractivity contribution in [1.29, 1.82) is 0 Å². The van der Waals surface area contributed by atoms with Crippen LogP contribution in [0.3, 0.4) is 0 Å². The van der Waals surface area contributed by atoms with E-state index in [1.165, 1.54) is 6.07 Å². The van der Waals surface area contributed by atoms with Gasteiger partial charge in [0, 0.05) is 32.5 Å². The van der Waals surface area contributed by atoms with Crippen LogP contribution in [0.2, 0.25) is 0 Å². The van der Waals surface area contributed by atoms with Gasteiger partial charge in [-0.05, 0) is 28.7 Å². The van der Waals surface area contributed by atoms with Crippen molar-refractivity contribution in [2.24, 2.45) is 0 Å². The van der Waals surface area contributed by atoms with Gasteiger partial charge < -0.3 is 5.32 Å². The SMILES string of the molecule is O=[N+]([O-])c1ccc(NCc2cncs2)c(I)c1. The number of halogens is 1. The zero-order chi connectivity index (χ0) is 12.3. The second-order valence-electron chi connectivity index (χ2n) is 3.24. The second kappa shape index (κ2) is 5.41. The van der Waals surface area contributed by atoms with Crippen LogP contribution in [0.25, 0.3) is 0 Å². The smallest absolute Gasteiger partial charge is 0.270 e. The van der Waals surface area contributed by atoms with Crippen molar-refractivity contribution in [3.05, 3.63) is 48.5 Å². The van der Waals surface area contributed by atoms with Crippen molar-refractivity contribution in [3.8, 4) is 0 Å². The summed E-state index contributed by atoms with van der Waals surface area (Å²) in [6, 6.07) is 4.77. The standard InChI is InChI=1S/C10H8IN3O2S/c11-9-3-7(14(15)16)1-2-10(9)13-5-8-4-12-6-17-8/h1-4,6,13H,5H2. The van der Waals surface area contributed by atoms with Crippen LogP contribution in [-0.4, -0.2) is 9.91 Å². The Bertz CT molecular complexity index is 530. The quantitative estimate of drug-likeness (QED) is 0.516. The fourth-order valence-electron chi connectivity index (χ4n) is 1.27. The van der Waals surface area contributed by atoms with Crippen molar-refractivity contribution in [2.75, 3.05) is 5.32 Å². The molecule has 1 heterocycles. The highest BCUT2D eigenvalue weighted by atomic mass is 127. The number of anilines is 1. The van der Waals surface area contributed by atoms with Gasteiger partial charge in [0.25, 0.3) is 5.69 Å². The molecule has 2 rings (SSSR count). The molecule has 0 atom stereocenters. The van der Waals surface area contributed by atoms with Crippen molar-refractivity contribution in [1.82, 2.24) is 4.98 Å². The lowest BCUT2D eigenvalue weighted by Gasteiger charge is -2.06. The molecular formula is C10H8IN3O2S. The molecule has 0 aliphatic rings. The second-order valence-corrected chi connectivity index (χ2v) is 5.38. The van der Waals surface area contributed by atoms with Crippen molar-refractivity contribution >= 4 is 45.3 Å². The van der Waals surface area contributed by atoms with E-state index < -0.39 is 4.92 Å². The molecular weight excluding hydrogens is 353 g/mol. The number of nitrogens with one attached hydrogen (secondary N) is 1.